The van der Waals surface area contributed by atoms with Crippen LogP contribution in [0.4, 0.5) is 5.69 Å². The van der Waals surface area contributed by atoms with E-state index in [4.69, 9.17) is 10.5 Å². The van der Waals surface area contributed by atoms with Crippen LogP contribution < -0.4 is 15.4 Å². The molecular formula is C12H18N2O2. The zero-order valence-corrected chi connectivity index (χ0v) is 10.2. The summed E-state index contributed by atoms with van der Waals surface area (Å²) in [6.45, 7) is 3.61. The van der Waals surface area contributed by atoms with Crippen molar-refractivity contribution in [1.82, 2.24) is 0 Å². The Bertz CT molecular complexity index is 389. The molecule has 0 radical (unpaired) electrons. The summed E-state index contributed by atoms with van der Waals surface area (Å²) in [4.78, 5) is 13.2. The predicted molar refractivity (Wildman–Crippen MR) is 64.8 cm³/mol. The molecule has 1 unspecified atom stereocenters. The molecule has 0 aromatic heterocycles. The summed E-state index contributed by atoms with van der Waals surface area (Å²) in [5, 5.41) is 0. The number of likely N-dealkylation sites (N-methyl/N-ethyl adjacent to an activating group) is 1. The van der Waals surface area contributed by atoms with Crippen molar-refractivity contribution in [3.8, 4) is 5.75 Å². The summed E-state index contributed by atoms with van der Waals surface area (Å²) in [6, 6.07) is 5.09. The van der Waals surface area contributed by atoms with Crippen molar-refractivity contribution in [2.45, 2.75) is 19.9 Å². The molecule has 0 saturated carbocycles. The lowest BCUT2D eigenvalue weighted by Gasteiger charge is -2.20. The quantitative estimate of drug-likeness (QED) is 0.839. The zero-order chi connectivity index (χ0) is 12.3. The number of ether oxygens (including phenoxy) is 1. The minimum absolute atomic E-state index is 0.107. The highest BCUT2D eigenvalue weighted by molar-refractivity contribution is 5.96. The maximum atomic E-state index is 11.7. The van der Waals surface area contributed by atoms with Crippen molar-refractivity contribution in [3.63, 3.8) is 0 Å². The molecule has 1 atom stereocenters. The standard InChI is InChI=1S/C12H18N2O2/c1-8-7-10(5-6-11(8)16-4)14(3)12(15)9(2)13/h5-7,9H,13H2,1-4H3. The molecule has 2 N–H and O–H groups in total. The van der Waals surface area contributed by atoms with Crippen LogP contribution in [0.5, 0.6) is 5.75 Å². The number of hydrogen-bond donors (Lipinski definition) is 1. The molecule has 0 aliphatic rings. The van der Waals surface area contributed by atoms with E-state index in [9.17, 15) is 4.79 Å². The average Bonchev–Trinajstić information content (AvgIpc) is 2.26. The maximum absolute atomic E-state index is 11.7. The number of carbonyl (C=O) groups excluding carboxylic acids is 1. The summed E-state index contributed by atoms with van der Waals surface area (Å²) in [6.07, 6.45) is 0. The van der Waals surface area contributed by atoms with Crippen LogP contribution in [0.1, 0.15) is 12.5 Å². The van der Waals surface area contributed by atoms with Gasteiger partial charge in [-0.25, -0.2) is 0 Å². The first-order valence-electron chi connectivity index (χ1n) is 5.15. The van der Waals surface area contributed by atoms with Gasteiger partial charge in [0.05, 0.1) is 13.2 Å². The number of nitrogens with zero attached hydrogens (tertiary/aromatic N) is 1. The van der Waals surface area contributed by atoms with E-state index in [1.54, 1.807) is 26.0 Å². The minimum Gasteiger partial charge on any atom is -0.496 e. The van der Waals surface area contributed by atoms with Crippen molar-refractivity contribution >= 4 is 11.6 Å². The lowest BCUT2D eigenvalue weighted by Crippen LogP contribution is -2.39. The summed E-state index contributed by atoms with van der Waals surface area (Å²) >= 11 is 0. The highest BCUT2D eigenvalue weighted by atomic mass is 16.5. The number of amides is 1. The first-order chi connectivity index (χ1) is 7.47. The van der Waals surface area contributed by atoms with Gasteiger partial charge in [-0.05, 0) is 37.6 Å². The Labute approximate surface area is 96.0 Å². The average molecular weight is 222 g/mol. The monoisotopic (exact) mass is 222 g/mol. The van der Waals surface area contributed by atoms with Gasteiger partial charge < -0.3 is 15.4 Å². The van der Waals surface area contributed by atoms with Gasteiger partial charge >= 0.3 is 0 Å². The van der Waals surface area contributed by atoms with Gasteiger partial charge in [0, 0.05) is 12.7 Å². The Balaban J connectivity index is 2.97. The van der Waals surface area contributed by atoms with E-state index in [0.717, 1.165) is 17.0 Å². The molecule has 1 amide bonds. The molecule has 0 bridgehead atoms. The van der Waals surface area contributed by atoms with Crippen molar-refractivity contribution in [1.29, 1.82) is 0 Å². The Morgan fingerprint density at radius 3 is 2.56 bits per heavy atom. The highest BCUT2D eigenvalue weighted by Crippen LogP contribution is 2.23. The van der Waals surface area contributed by atoms with Gasteiger partial charge in [0.2, 0.25) is 5.91 Å². The van der Waals surface area contributed by atoms with Gasteiger partial charge in [0.1, 0.15) is 5.75 Å². The van der Waals surface area contributed by atoms with Crippen LogP contribution in [0.2, 0.25) is 0 Å². The van der Waals surface area contributed by atoms with E-state index in [-0.39, 0.29) is 5.91 Å². The van der Waals surface area contributed by atoms with Crippen LogP contribution in [0.15, 0.2) is 18.2 Å². The van der Waals surface area contributed by atoms with Gasteiger partial charge in [0.15, 0.2) is 0 Å². The lowest BCUT2D eigenvalue weighted by molar-refractivity contribution is -0.119. The third-order valence-electron chi connectivity index (χ3n) is 2.49. The maximum Gasteiger partial charge on any atom is 0.243 e. The summed E-state index contributed by atoms with van der Waals surface area (Å²) in [7, 11) is 3.34. The largest absolute Gasteiger partial charge is 0.496 e. The highest BCUT2D eigenvalue weighted by Gasteiger charge is 2.15. The molecule has 4 nitrogen and oxygen atoms in total. The lowest BCUT2D eigenvalue weighted by atomic mass is 10.2. The predicted octanol–water partition coefficient (Wildman–Crippen LogP) is 1.31. The molecule has 0 aliphatic carbocycles. The Morgan fingerprint density at radius 1 is 1.50 bits per heavy atom. The normalized spacial score (nSPS) is 12.1. The molecule has 16 heavy (non-hydrogen) atoms. The van der Waals surface area contributed by atoms with Crippen molar-refractivity contribution < 1.29 is 9.53 Å². The fraction of sp³-hybridized carbons (Fsp3) is 0.417. The van der Waals surface area contributed by atoms with Crippen molar-refractivity contribution in [3.05, 3.63) is 23.8 Å². The molecule has 0 aliphatic heterocycles. The Hall–Kier alpha value is -1.55. The Kier molecular flexibility index (Phi) is 3.90. The van der Waals surface area contributed by atoms with E-state index in [1.165, 1.54) is 0 Å². The molecule has 1 aromatic carbocycles. The van der Waals surface area contributed by atoms with Crippen LogP contribution in [0.25, 0.3) is 0 Å². The van der Waals surface area contributed by atoms with E-state index in [2.05, 4.69) is 0 Å². The molecule has 1 rings (SSSR count). The summed E-state index contributed by atoms with van der Waals surface area (Å²) in [5.41, 5.74) is 7.36. The number of nitrogens with two attached hydrogens (primary N) is 1. The van der Waals surface area contributed by atoms with Crippen LogP contribution in [0.3, 0.4) is 0 Å². The van der Waals surface area contributed by atoms with E-state index >= 15 is 0 Å². The first kappa shape index (κ1) is 12.5. The number of methoxy groups -OCH3 is 1. The van der Waals surface area contributed by atoms with Crippen molar-refractivity contribution in [2.75, 3.05) is 19.1 Å². The molecule has 0 heterocycles. The second-order valence-corrected chi connectivity index (χ2v) is 3.84. The first-order valence-corrected chi connectivity index (χ1v) is 5.15. The minimum atomic E-state index is -0.493. The van der Waals surface area contributed by atoms with Crippen molar-refractivity contribution in [2.24, 2.45) is 5.73 Å². The molecule has 0 saturated heterocycles. The fourth-order valence-corrected chi connectivity index (χ4v) is 1.50. The second-order valence-electron chi connectivity index (χ2n) is 3.84. The summed E-state index contributed by atoms with van der Waals surface area (Å²) < 4.78 is 5.16. The molecule has 0 spiro atoms. The van der Waals surface area contributed by atoms with Crippen LogP contribution >= 0.6 is 0 Å². The van der Waals surface area contributed by atoms with E-state index < -0.39 is 6.04 Å². The molecule has 4 heteroatoms. The van der Waals surface area contributed by atoms with Crippen LogP contribution in [0, 0.1) is 6.92 Å². The van der Waals surface area contributed by atoms with E-state index in [1.807, 2.05) is 25.1 Å². The molecule has 0 fully saturated rings. The smallest absolute Gasteiger partial charge is 0.243 e. The van der Waals surface area contributed by atoms with Gasteiger partial charge in [-0.3, -0.25) is 4.79 Å². The molecular weight excluding hydrogens is 204 g/mol. The summed E-state index contributed by atoms with van der Waals surface area (Å²) in [5.74, 6) is 0.704. The number of hydrogen-bond acceptors (Lipinski definition) is 3. The number of benzene rings is 1. The van der Waals surface area contributed by atoms with Gasteiger partial charge in [-0.2, -0.15) is 0 Å². The van der Waals surface area contributed by atoms with Gasteiger partial charge in [0.25, 0.3) is 0 Å². The number of anilines is 1. The topological polar surface area (TPSA) is 55.6 Å². The Morgan fingerprint density at radius 2 is 2.12 bits per heavy atom. The zero-order valence-electron chi connectivity index (χ0n) is 10.2. The molecule has 1 aromatic rings. The fourth-order valence-electron chi connectivity index (χ4n) is 1.50. The van der Waals surface area contributed by atoms with Gasteiger partial charge in [-0.15, -0.1) is 0 Å². The third-order valence-corrected chi connectivity index (χ3v) is 2.49. The third kappa shape index (κ3) is 2.52. The molecule has 88 valence electrons. The van der Waals surface area contributed by atoms with E-state index in [0.29, 0.717) is 0 Å². The van der Waals surface area contributed by atoms with Crippen LogP contribution in [-0.4, -0.2) is 26.1 Å². The number of aryl methyl sites for hydroxylation is 1. The number of carbonyl (C=O) groups is 1. The number of rotatable bonds is 3. The van der Waals surface area contributed by atoms with Gasteiger partial charge in [-0.1, -0.05) is 0 Å². The van der Waals surface area contributed by atoms with Crippen LogP contribution in [-0.2, 0) is 4.79 Å². The SMILES string of the molecule is COc1ccc(N(C)C(=O)C(C)N)cc1C. The second kappa shape index (κ2) is 4.99.